The summed E-state index contributed by atoms with van der Waals surface area (Å²) in [4.78, 5) is 0. The first kappa shape index (κ1) is 9.81. The number of hydrogen-bond donors (Lipinski definition) is 2. The first-order valence-electron chi connectivity index (χ1n) is 4.28. The maximum Gasteiger partial charge on any atom is 0.102 e. The molecule has 0 aromatic heterocycles. The molecule has 1 rings (SSSR count). The zero-order chi connectivity index (χ0) is 9.84. The zero-order valence-electron chi connectivity index (χ0n) is 7.83. The number of aliphatic hydroxyl groups excluding tert-OH is 1. The summed E-state index contributed by atoms with van der Waals surface area (Å²) in [6, 6.07) is 7.73. The highest BCUT2D eigenvalue weighted by atomic mass is 16.3. The second-order valence-electron chi connectivity index (χ2n) is 3.29. The van der Waals surface area contributed by atoms with E-state index in [1.807, 2.05) is 31.2 Å². The van der Waals surface area contributed by atoms with E-state index in [1.165, 1.54) is 5.56 Å². The number of benzene rings is 1. The van der Waals surface area contributed by atoms with E-state index in [9.17, 15) is 0 Å². The highest BCUT2D eigenvalue weighted by Crippen LogP contribution is 2.07. The lowest BCUT2D eigenvalue weighted by Crippen LogP contribution is -2.24. The van der Waals surface area contributed by atoms with Gasteiger partial charge in [-0.2, -0.15) is 0 Å². The molecule has 3 N–H and O–H groups in total. The van der Waals surface area contributed by atoms with Gasteiger partial charge in [0, 0.05) is 0 Å². The first-order chi connectivity index (χ1) is 6.09. The Bertz CT molecular complexity index is 289. The van der Waals surface area contributed by atoms with Gasteiger partial charge in [-0.3, -0.25) is 0 Å². The lowest BCUT2D eigenvalue weighted by molar-refractivity contribution is 0.368. The summed E-state index contributed by atoms with van der Waals surface area (Å²) in [6.45, 7) is 5.44. The van der Waals surface area contributed by atoms with E-state index in [0.717, 1.165) is 5.56 Å². The molecule has 1 unspecified atom stereocenters. The molecule has 0 fully saturated rings. The summed E-state index contributed by atoms with van der Waals surface area (Å²) in [5.41, 5.74) is 7.98. The van der Waals surface area contributed by atoms with Crippen molar-refractivity contribution in [1.29, 1.82) is 0 Å². The van der Waals surface area contributed by atoms with Crippen molar-refractivity contribution in [2.75, 3.05) is 0 Å². The molecule has 0 heterocycles. The SMILES string of the molecule is C=C(O)C(N)Cc1ccc(C)cc1. The Balaban J connectivity index is 2.64. The van der Waals surface area contributed by atoms with Gasteiger partial charge in [0.1, 0.15) is 5.76 Å². The minimum Gasteiger partial charge on any atom is -0.511 e. The van der Waals surface area contributed by atoms with Crippen LogP contribution in [0.1, 0.15) is 11.1 Å². The van der Waals surface area contributed by atoms with Gasteiger partial charge in [0.2, 0.25) is 0 Å². The van der Waals surface area contributed by atoms with Crippen LogP contribution in [0.15, 0.2) is 36.6 Å². The summed E-state index contributed by atoms with van der Waals surface area (Å²) in [5, 5.41) is 9.02. The smallest absolute Gasteiger partial charge is 0.102 e. The van der Waals surface area contributed by atoms with Crippen LogP contribution in [-0.2, 0) is 6.42 Å². The largest absolute Gasteiger partial charge is 0.511 e. The molecule has 0 saturated heterocycles. The molecular formula is C11H15NO. The molecule has 0 saturated carbocycles. The van der Waals surface area contributed by atoms with Crippen molar-refractivity contribution in [2.45, 2.75) is 19.4 Å². The van der Waals surface area contributed by atoms with E-state index in [1.54, 1.807) is 0 Å². The fourth-order valence-electron chi connectivity index (χ4n) is 1.10. The molecule has 0 aliphatic carbocycles. The molecule has 0 amide bonds. The fraction of sp³-hybridized carbons (Fsp3) is 0.273. The van der Waals surface area contributed by atoms with Crippen LogP contribution in [-0.4, -0.2) is 11.1 Å². The molecule has 0 spiro atoms. The number of hydrogen-bond acceptors (Lipinski definition) is 2. The molecule has 0 aliphatic rings. The molecular weight excluding hydrogens is 162 g/mol. The fourth-order valence-corrected chi connectivity index (χ4v) is 1.10. The number of aliphatic hydroxyl groups is 1. The molecule has 0 aliphatic heterocycles. The van der Waals surface area contributed by atoms with Crippen LogP contribution in [0, 0.1) is 6.92 Å². The monoisotopic (exact) mass is 177 g/mol. The van der Waals surface area contributed by atoms with Gasteiger partial charge in [-0.05, 0) is 18.9 Å². The van der Waals surface area contributed by atoms with Crippen molar-refractivity contribution in [2.24, 2.45) is 5.73 Å². The second kappa shape index (κ2) is 4.10. The van der Waals surface area contributed by atoms with Gasteiger partial charge in [0.25, 0.3) is 0 Å². The van der Waals surface area contributed by atoms with Gasteiger partial charge in [0.15, 0.2) is 0 Å². The summed E-state index contributed by atoms with van der Waals surface area (Å²) in [6.07, 6.45) is 0.635. The van der Waals surface area contributed by atoms with Gasteiger partial charge in [-0.1, -0.05) is 36.4 Å². The van der Waals surface area contributed by atoms with E-state index in [4.69, 9.17) is 10.8 Å². The third-order valence-electron chi connectivity index (χ3n) is 2.00. The lowest BCUT2D eigenvalue weighted by Gasteiger charge is -2.09. The third-order valence-corrected chi connectivity index (χ3v) is 2.00. The van der Waals surface area contributed by atoms with Crippen LogP contribution in [0.25, 0.3) is 0 Å². The molecule has 2 nitrogen and oxygen atoms in total. The first-order valence-corrected chi connectivity index (χ1v) is 4.28. The highest BCUT2D eigenvalue weighted by molar-refractivity contribution is 5.23. The maximum atomic E-state index is 9.02. The number of aryl methyl sites for hydroxylation is 1. The quantitative estimate of drug-likeness (QED) is 0.693. The van der Waals surface area contributed by atoms with Crippen LogP contribution >= 0.6 is 0 Å². The Kier molecular flexibility index (Phi) is 3.09. The van der Waals surface area contributed by atoms with E-state index < -0.39 is 0 Å². The molecule has 13 heavy (non-hydrogen) atoms. The minimum absolute atomic E-state index is 0.0422. The average Bonchev–Trinajstić information content (AvgIpc) is 2.08. The zero-order valence-corrected chi connectivity index (χ0v) is 7.83. The summed E-state index contributed by atoms with van der Waals surface area (Å²) in [7, 11) is 0. The number of nitrogens with two attached hydrogens (primary N) is 1. The van der Waals surface area contributed by atoms with E-state index >= 15 is 0 Å². The maximum absolute atomic E-state index is 9.02. The summed E-state index contributed by atoms with van der Waals surface area (Å²) in [5.74, 6) is 0.0422. The Labute approximate surface area is 78.7 Å². The van der Waals surface area contributed by atoms with Gasteiger partial charge >= 0.3 is 0 Å². The normalized spacial score (nSPS) is 12.5. The van der Waals surface area contributed by atoms with Crippen LogP contribution in [0.3, 0.4) is 0 Å². The number of rotatable bonds is 3. The van der Waals surface area contributed by atoms with Crippen LogP contribution in [0.5, 0.6) is 0 Å². The molecule has 70 valence electrons. The van der Waals surface area contributed by atoms with Crippen molar-refractivity contribution in [3.63, 3.8) is 0 Å². The predicted molar refractivity (Wildman–Crippen MR) is 54.6 cm³/mol. The van der Waals surface area contributed by atoms with Gasteiger partial charge in [0.05, 0.1) is 6.04 Å². The predicted octanol–water partition coefficient (Wildman–Crippen LogP) is 1.94. The van der Waals surface area contributed by atoms with Crippen molar-refractivity contribution in [1.82, 2.24) is 0 Å². The van der Waals surface area contributed by atoms with E-state index in [2.05, 4.69) is 6.58 Å². The van der Waals surface area contributed by atoms with Crippen molar-refractivity contribution < 1.29 is 5.11 Å². The molecule has 1 aromatic carbocycles. The molecule has 0 bridgehead atoms. The average molecular weight is 177 g/mol. The van der Waals surface area contributed by atoms with E-state index in [-0.39, 0.29) is 11.8 Å². The Hall–Kier alpha value is -1.28. The molecule has 1 aromatic rings. The van der Waals surface area contributed by atoms with Crippen molar-refractivity contribution in [3.8, 4) is 0 Å². The van der Waals surface area contributed by atoms with Crippen LogP contribution < -0.4 is 5.73 Å². The Morgan fingerprint density at radius 2 is 2.00 bits per heavy atom. The van der Waals surface area contributed by atoms with Gasteiger partial charge in [-0.25, -0.2) is 0 Å². The van der Waals surface area contributed by atoms with Crippen molar-refractivity contribution in [3.05, 3.63) is 47.7 Å². The van der Waals surface area contributed by atoms with Crippen LogP contribution in [0.4, 0.5) is 0 Å². The highest BCUT2D eigenvalue weighted by Gasteiger charge is 2.05. The molecule has 2 heteroatoms. The standard InChI is InChI=1S/C11H15NO/c1-8-3-5-10(6-4-8)7-11(12)9(2)13/h3-6,11,13H,2,7,12H2,1H3. The van der Waals surface area contributed by atoms with E-state index in [0.29, 0.717) is 6.42 Å². The van der Waals surface area contributed by atoms with Crippen molar-refractivity contribution >= 4 is 0 Å². The van der Waals surface area contributed by atoms with Gasteiger partial charge in [-0.15, -0.1) is 0 Å². The minimum atomic E-state index is -0.359. The Morgan fingerprint density at radius 3 is 2.46 bits per heavy atom. The van der Waals surface area contributed by atoms with Crippen LogP contribution in [0.2, 0.25) is 0 Å². The van der Waals surface area contributed by atoms with Gasteiger partial charge < -0.3 is 10.8 Å². The second-order valence-corrected chi connectivity index (χ2v) is 3.29. The Morgan fingerprint density at radius 1 is 1.46 bits per heavy atom. The topological polar surface area (TPSA) is 46.2 Å². The lowest BCUT2D eigenvalue weighted by atomic mass is 10.0. The third kappa shape index (κ3) is 2.92. The molecule has 0 radical (unpaired) electrons. The molecule has 1 atom stereocenters. The summed E-state index contributed by atoms with van der Waals surface area (Å²) >= 11 is 0. The summed E-state index contributed by atoms with van der Waals surface area (Å²) < 4.78 is 0.